The molecule has 0 aliphatic carbocycles. The Morgan fingerprint density at radius 3 is 2.44 bits per heavy atom. The molecule has 10 heteroatoms. The van der Waals surface area contributed by atoms with Gasteiger partial charge in [0.05, 0.1) is 30.7 Å². The Hall–Kier alpha value is -3.76. The third-order valence-corrected chi connectivity index (χ3v) is 5.55. The number of carbonyl (C=O) groups excluding carboxylic acids is 3. The molecule has 0 unspecified atom stereocenters. The standard InChI is InChI=1S/C24H21BrN4O5/c25-17-7-5-16(6-8-17)21-10-9-18(34-21)15-26-28-23(31)22(30)27-20-4-2-1-3-19(20)24(32)29-11-13-33-14-12-29/h1-10,15H,11-14H2,(H,27,30)(H,28,31)/b26-15+. The molecule has 0 atom stereocenters. The molecule has 9 nitrogen and oxygen atoms in total. The van der Waals surface area contributed by atoms with Gasteiger partial charge >= 0.3 is 11.8 Å². The summed E-state index contributed by atoms with van der Waals surface area (Å²) in [7, 11) is 0. The minimum Gasteiger partial charge on any atom is -0.455 e. The number of nitrogens with zero attached hydrogens (tertiary/aromatic N) is 2. The van der Waals surface area contributed by atoms with Gasteiger partial charge in [0.25, 0.3) is 5.91 Å². The minimum absolute atomic E-state index is 0.239. The molecule has 2 N–H and O–H groups in total. The van der Waals surface area contributed by atoms with Gasteiger partial charge in [0.15, 0.2) is 0 Å². The molecule has 1 aliphatic rings. The number of rotatable bonds is 5. The van der Waals surface area contributed by atoms with E-state index in [9.17, 15) is 14.4 Å². The van der Waals surface area contributed by atoms with E-state index in [1.165, 1.54) is 6.21 Å². The quantitative estimate of drug-likeness (QED) is 0.302. The average Bonchev–Trinajstić information content (AvgIpc) is 3.33. The number of hydrazone groups is 1. The number of morpholine rings is 1. The van der Waals surface area contributed by atoms with Crippen LogP contribution in [0.2, 0.25) is 0 Å². The molecule has 34 heavy (non-hydrogen) atoms. The number of amides is 3. The topological polar surface area (TPSA) is 113 Å². The van der Waals surface area contributed by atoms with Crippen LogP contribution in [0.15, 0.2) is 74.7 Å². The number of hydrogen-bond acceptors (Lipinski definition) is 6. The number of halogens is 1. The first-order chi connectivity index (χ1) is 16.5. The molecule has 1 fully saturated rings. The fourth-order valence-electron chi connectivity index (χ4n) is 3.29. The molecule has 2 aromatic carbocycles. The summed E-state index contributed by atoms with van der Waals surface area (Å²) < 4.78 is 11.9. The molecule has 174 valence electrons. The third kappa shape index (κ3) is 5.77. The van der Waals surface area contributed by atoms with Crippen LogP contribution in [0, 0.1) is 0 Å². The highest BCUT2D eigenvalue weighted by molar-refractivity contribution is 9.10. The lowest BCUT2D eigenvalue weighted by Crippen LogP contribution is -2.41. The van der Waals surface area contributed by atoms with Crippen LogP contribution in [0.5, 0.6) is 0 Å². The van der Waals surface area contributed by atoms with Crippen LogP contribution >= 0.6 is 15.9 Å². The van der Waals surface area contributed by atoms with Crippen molar-refractivity contribution in [3.8, 4) is 11.3 Å². The highest BCUT2D eigenvalue weighted by atomic mass is 79.9. The molecular weight excluding hydrogens is 504 g/mol. The van der Waals surface area contributed by atoms with Crippen molar-refractivity contribution in [3.05, 3.63) is 76.5 Å². The normalized spacial score (nSPS) is 13.6. The summed E-state index contributed by atoms with van der Waals surface area (Å²) in [6.45, 7) is 1.85. The average molecular weight is 525 g/mol. The Balaban J connectivity index is 1.35. The fourth-order valence-corrected chi connectivity index (χ4v) is 3.56. The second-order valence-electron chi connectivity index (χ2n) is 7.31. The van der Waals surface area contributed by atoms with E-state index in [4.69, 9.17) is 9.15 Å². The predicted molar refractivity (Wildman–Crippen MR) is 129 cm³/mol. The number of anilines is 1. The number of furan rings is 1. The van der Waals surface area contributed by atoms with Crippen molar-refractivity contribution in [1.82, 2.24) is 10.3 Å². The van der Waals surface area contributed by atoms with Gasteiger partial charge in [0.2, 0.25) is 0 Å². The predicted octanol–water partition coefficient (Wildman–Crippen LogP) is 3.27. The van der Waals surface area contributed by atoms with Crippen LogP contribution in [0.1, 0.15) is 16.1 Å². The molecule has 3 aromatic rings. The van der Waals surface area contributed by atoms with E-state index in [-0.39, 0.29) is 11.6 Å². The molecule has 1 aromatic heterocycles. The van der Waals surface area contributed by atoms with Crippen molar-refractivity contribution < 1.29 is 23.5 Å². The first-order valence-electron chi connectivity index (χ1n) is 10.5. The molecule has 1 saturated heterocycles. The Morgan fingerprint density at radius 1 is 0.941 bits per heavy atom. The lowest BCUT2D eigenvalue weighted by molar-refractivity contribution is -0.136. The number of benzene rings is 2. The Labute approximate surface area is 203 Å². The van der Waals surface area contributed by atoms with Crippen LogP contribution in [0.4, 0.5) is 5.69 Å². The third-order valence-electron chi connectivity index (χ3n) is 5.02. The van der Waals surface area contributed by atoms with Gasteiger partial charge in [-0.3, -0.25) is 14.4 Å². The lowest BCUT2D eigenvalue weighted by atomic mass is 10.1. The number of nitrogens with one attached hydrogen (secondary N) is 2. The van der Waals surface area contributed by atoms with Gasteiger partial charge in [-0.15, -0.1) is 0 Å². The molecule has 4 rings (SSSR count). The van der Waals surface area contributed by atoms with Crippen LogP contribution in [0.3, 0.4) is 0 Å². The zero-order valence-electron chi connectivity index (χ0n) is 18.0. The van der Waals surface area contributed by atoms with E-state index in [1.807, 2.05) is 24.3 Å². The van der Waals surface area contributed by atoms with Gasteiger partial charge in [0.1, 0.15) is 11.5 Å². The van der Waals surface area contributed by atoms with Crippen LogP contribution in [0.25, 0.3) is 11.3 Å². The Kier molecular flexibility index (Phi) is 7.51. The summed E-state index contributed by atoms with van der Waals surface area (Å²) in [5.41, 5.74) is 3.59. The van der Waals surface area contributed by atoms with Crippen molar-refractivity contribution in [3.63, 3.8) is 0 Å². The van der Waals surface area contributed by atoms with Crippen LogP contribution < -0.4 is 10.7 Å². The number of ether oxygens (including phenoxy) is 1. The Morgan fingerprint density at radius 2 is 1.68 bits per heavy atom. The van der Waals surface area contributed by atoms with Crippen molar-refractivity contribution in [2.75, 3.05) is 31.6 Å². The molecule has 0 saturated carbocycles. The van der Waals surface area contributed by atoms with E-state index in [2.05, 4.69) is 31.8 Å². The van der Waals surface area contributed by atoms with Gasteiger partial charge in [-0.1, -0.05) is 40.2 Å². The minimum atomic E-state index is -0.982. The molecule has 1 aliphatic heterocycles. The summed E-state index contributed by atoms with van der Waals surface area (Å²) in [6.07, 6.45) is 1.30. The smallest absolute Gasteiger partial charge is 0.329 e. The van der Waals surface area contributed by atoms with Crippen molar-refractivity contribution in [1.29, 1.82) is 0 Å². The molecule has 0 radical (unpaired) electrons. The van der Waals surface area contributed by atoms with Gasteiger partial charge in [0, 0.05) is 23.1 Å². The summed E-state index contributed by atoms with van der Waals surface area (Å²) in [5.74, 6) is -1.13. The number of para-hydroxylation sites is 1. The first-order valence-corrected chi connectivity index (χ1v) is 11.3. The zero-order chi connectivity index (χ0) is 23.9. The maximum Gasteiger partial charge on any atom is 0.329 e. The highest BCUT2D eigenvalue weighted by Crippen LogP contribution is 2.23. The maximum absolute atomic E-state index is 12.8. The van der Waals surface area contributed by atoms with Gasteiger partial charge in [-0.25, -0.2) is 5.43 Å². The van der Waals surface area contributed by atoms with Crippen LogP contribution in [-0.4, -0.2) is 55.1 Å². The van der Waals surface area contributed by atoms with Gasteiger partial charge < -0.3 is 19.4 Å². The Bertz CT molecular complexity index is 1220. The summed E-state index contributed by atoms with van der Waals surface area (Å²) >= 11 is 3.38. The van der Waals surface area contributed by atoms with Crippen molar-refractivity contribution in [2.45, 2.75) is 0 Å². The first kappa shape index (κ1) is 23.4. The van der Waals surface area contributed by atoms with Crippen molar-refractivity contribution >= 4 is 45.6 Å². The largest absolute Gasteiger partial charge is 0.455 e. The fraction of sp³-hybridized carbons (Fsp3) is 0.167. The number of carbonyl (C=O) groups is 3. The summed E-state index contributed by atoms with van der Waals surface area (Å²) in [5, 5.41) is 6.26. The molecule has 0 spiro atoms. The molecule has 3 amide bonds. The molecule has 0 bridgehead atoms. The molecule has 2 heterocycles. The lowest BCUT2D eigenvalue weighted by Gasteiger charge is -2.27. The van der Waals surface area contributed by atoms with Gasteiger partial charge in [-0.05, 0) is 36.4 Å². The van der Waals surface area contributed by atoms with Crippen LogP contribution in [-0.2, 0) is 14.3 Å². The SMILES string of the molecule is O=C(N/N=C/c1ccc(-c2ccc(Br)cc2)o1)C(=O)Nc1ccccc1C(=O)N1CCOCC1. The zero-order valence-corrected chi connectivity index (χ0v) is 19.6. The van der Waals surface area contributed by atoms with Gasteiger partial charge in [-0.2, -0.15) is 5.10 Å². The second kappa shape index (κ2) is 10.9. The van der Waals surface area contributed by atoms with E-state index < -0.39 is 11.8 Å². The highest BCUT2D eigenvalue weighted by Gasteiger charge is 2.22. The van der Waals surface area contributed by atoms with E-state index in [0.717, 1.165) is 10.0 Å². The summed E-state index contributed by atoms with van der Waals surface area (Å²) in [6, 6.07) is 17.6. The maximum atomic E-state index is 12.8. The summed E-state index contributed by atoms with van der Waals surface area (Å²) in [4.78, 5) is 39.0. The second-order valence-corrected chi connectivity index (χ2v) is 8.23. The van der Waals surface area contributed by atoms with E-state index in [0.29, 0.717) is 43.4 Å². The van der Waals surface area contributed by atoms with E-state index in [1.54, 1.807) is 41.3 Å². The van der Waals surface area contributed by atoms with E-state index >= 15 is 0 Å². The monoisotopic (exact) mass is 524 g/mol. The molecular formula is C24H21BrN4O5. The number of hydrogen-bond donors (Lipinski definition) is 2. The van der Waals surface area contributed by atoms with Crippen molar-refractivity contribution in [2.24, 2.45) is 5.10 Å².